The van der Waals surface area contributed by atoms with Crippen molar-refractivity contribution in [3.8, 4) is 11.5 Å². The van der Waals surface area contributed by atoms with Gasteiger partial charge in [0.1, 0.15) is 17.6 Å². The molecule has 2 atom stereocenters. The lowest BCUT2D eigenvalue weighted by Gasteiger charge is -2.25. The minimum absolute atomic E-state index is 0. The molecule has 6 nitrogen and oxygen atoms in total. The molecule has 0 amide bonds. The quantitative estimate of drug-likeness (QED) is 0.355. The third kappa shape index (κ3) is 7.57. The lowest BCUT2D eigenvalue weighted by Crippen LogP contribution is -2.42. The Hall–Kier alpha value is -1.22. The Balaban J connectivity index is 0.00000338. The number of benzene rings is 1. The average Bonchev–Trinajstić information content (AvgIpc) is 3.12. The molecule has 1 aliphatic rings. The lowest BCUT2D eigenvalue weighted by molar-refractivity contribution is 0.181. The summed E-state index contributed by atoms with van der Waals surface area (Å²) in [5, 5.41) is 3.35. The summed E-state index contributed by atoms with van der Waals surface area (Å²) in [6.07, 6.45) is 1.12. The van der Waals surface area contributed by atoms with Crippen LogP contribution in [0.5, 0.6) is 11.5 Å². The van der Waals surface area contributed by atoms with Gasteiger partial charge in [-0.25, -0.2) is 4.99 Å². The SMILES string of the molecule is CCNC(=NCC(C)Oc1ccc(OC)cc1)N(C)CC1CCOC1.I. The van der Waals surface area contributed by atoms with Gasteiger partial charge in [0.15, 0.2) is 5.96 Å². The minimum Gasteiger partial charge on any atom is -0.497 e. The van der Waals surface area contributed by atoms with Crippen LogP contribution in [0.3, 0.4) is 0 Å². The molecule has 0 bridgehead atoms. The highest BCUT2D eigenvalue weighted by Crippen LogP contribution is 2.18. The molecule has 0 aromatic heterocycles. The Morgan fingerprint density at radius 2 is 2.04 bits per heavy atom. The number of ether oxygens (including phenoxy) is 3. The summed E-state index contributed by atoms with van der Waals surface area (Å²) < 4.78 is 16.6. The fourth-order valence-corrected chi connectivity index (χ4v) is 2.81. The first-order chi connectivity index (χ1) is 12.1. The highest BCUT2D eigenvalue weighted by molar-refractivity contribution is 14.0. The van der Waals surface area contributed by atoms with Crippen molar-refractivity contribution in [2.75, 3.05) is 47.0 Å². The molecule has 0 radical (unpaired) electrons. The van der Waals surface area contributed by atoms with E-state index in [9.17, 15) is 0 Å². The topological polar surface area (TPSA) is 55.3 Å². The normalized spacial score (nSPS) is 18.0. The molecule has 148 valence electrons. The fraction of sp³-hybridized carbons (Fsp3) is 0.632. The summed E-state index contributed by atoms with van der Waals surface area (Å²) in [5.74, 6) is 3.15. The molecule has 2 rings (SSSR count). The van der Waals surface area contributed by atoms with E-state index < -0.39 is 0 Å². The number of aliphatic imine (C=N–C) groups is 1. The third-order valence-electron chi connectivity index (χ3n) is 4.15. The molecule has 1 saturated heterocycles. The minimum atomic E-state index is -0.00901. The summed E-state index contributed by atoms with van der Waals surface area (Å²) in [5.41, 5.74) is 0. The van der Waals surface area contributed by atoms with Crippen molar-refractivity contribution in [2.45, 2.75) is 26.4 Å². The van der Waals surface area contributed by atoms with Crippen LogP contribution < -0.4 is 14.8 Å². The molecule has 1 fully saturated rings. The molecule has 1 N–H and O–H groups in total. The largest absolute Gasteiger partial charge is 0.497 e. The molecule has 1 aliphatic heterocycles. The van der Waals surface area contributed by atoms with E-state index in [4.69, 9.17) is 19.2 Å². The summed E-state index contributed by atoms with van der Waals surface area (Å²) in [7, 11) is 3.73. The molecule has 1 aromatic rings. The Morgan fingerprint density at radius 3 is 2.62 bits per heavy atom. The summed E-state index contributed by atoms with van der Waals surface area (Å²) in [6, 6.07) is 7.62. The van der Waals surface area contributed by atoms with Crippen molar-refractivity contribution in [1.29, 1.82) is 0 Å². The molecule has 0 spiro atoms. The van der Waals surface area contributed by atoms with E-state index in [1.807, 2.05) is 31.2 Å². The van der Waals surface area contributed by atoms with Gasteiger partial charge in [-0.1, -0.05) is 0 Å². The number of methoxy groups -OCH3 is 1. The van der Waals surface area contributed by atoms with Crippen molar-refractivity contribution in [3.05, 3.63) is 24.3 Å². The highest BCUT2D eigenvalue weighted by atomic mass is 127. The highest BCUT2D eigenvalue weighted by Gasteiger charge is 2.19. The second-order valence-corrected chi connectivity index (χ2v) is 6.41. The van der Waals surface area contributed by atoms with Crippen molar-refractivity contribution < 1.29 is 14.2 Å². The van der Waals surface area contributed by atoms with Crippen molar-refractivity contribution >= 4 is 29.9 Å². The first-order valence-electron chi connectivity index (χ1n) is 9.00. The first-order valence-corrected chi connectivity index (χ1v) is 9.00. The maximum atomic E-state index is 5.93. The second kappa shape index (κ2) is 12.2. The molecule has 1 heterocycles. The zero-order valence-corrected chi connectivity index (χ0v) is 18.6. The van der Waals surface area contributed by atoms with E-state index in [2.05, 4.69) is 24.2 Å². The van der Waals surface area contributed by atoms with E-state index in [-0.39, 0.29) is 30.1 Å². The van der Waals surface area contributed by atoms with Gasteiger partial charge in [0.05, 0.1) is 20.3 Å². The molecule has 26 heavy (non-hydrogen) atoms. The van der Waals surface area contributed by atoms with Crippen LogP contribution >= 0.6 is 24.0 Å². The Morgan fingerprint density at radius 1 is 1.35 bits per heavy atom. The van der Waals surface area contributed by atoms with Gasteiger partial charge in [-0.05, 0) is 44.5 Å². The van der Waals surface area contributed by atoms with Crippen LogP contribution in [0.15, 0.2) is 29.3 Å². The molecular formula is C19H32IN3O3. The van der Waals surface area contributed by atoms with Crippen LogP contribution in [0.2, 0.25) is 0 Å². The molecule has 0 aliphatic carbocycles. The molecule has 0 saturated carbocycles. The number of rotatable bonds is 8. The number of hydrogen-bond donors (Lipinski definition) is 1. The summed E-state index contributed by atoms with van der Waals surface area (Å²) >= 11 is 0. The zero-order chi connectivity index (χ0) is 18.1. The van der Waals surface area contributed by atoms with Gasteiger partial charge in [-0.3, -0.25) is 0 Å². The molecular weight excluding hydrogens is 445 g/mol. The zero-order valence-electron chi connectivity index (χ0n) is 16.2. The van der Waals surface area contributed by atoms with E-state index in [0.29, 0.717) is 12.5 Å². The van der Waals surface area contributed by atoms with Crippen LogP contribution in [0.4, 0.5) is 0 Å². The fourth-order valence-electron chi connectivity index (χ4n) is 2.81. The number of nitrogens with one attached hydrogen (secondary N) is 1. The average molecular weight is 477 g/mol. The number of hydrogen-bond acceptors (Lipinski definition) is 4. The van der Waals surface area contributed by atoms with Gasteiger partial charge in [0.25, 0.3) is 0 Å². The predicted molar refractivity (Wildman–Crippen MR) is 116 cm³/mol. The van der Waals surface area contributed by atoms with Gasteiger partial charge in [0, 0.05) is 32.7 Å². The number of halogens is 1. The summed E-state index contributed by atoms with van der Waals surface area (Å²) in [6.45, 7) is 8.23. The van der Waals surface area contributed by atoms with Gasteiger partial charge in [-0.2, -0.15) is 0 Å². The van der Waals surface area contributed by atoms with Gasteiger partial charge in [0.2, 0.25) is 0 Å². The van der Waals surface area contributed by atoms with Gasteiger partial charge >= 0.3 is 0 Å². The first kappa shape index (κ1) is 22.8. The van der Waals surface area contributed by atoms with Crippen LogP contribution in [-0.4, -0.2) is 64.0 Å². The number of nitrogens with zero attached hydrogens (tertiary/aromatic N) is 2. The molecule has 7 heteroatoms. The van der Waals surface area contributed by atoms with Crippen LogP contribution in [-0.2, 0) is 4.74 Å². The lowest BCUT2D eigenvalue weighted by atomic mass is 10.1. The van der Waals surface area contributed by atoms with Crippen LogP contribution in [0, 0.1) is 5.92 Å². The molecule has 1 aromatic carbocycles. The second-order valence-electron chi connectivity index (χ2n) is 6.41. The monoisotopic (exact) mass is 477 g/mol. The Kier molecular flexibility index (Phi) is 10.7. The maximum Gasteiger partial charge on any atom is 0.193 e. The van der Waals surface area contributed by atoms with Gasteiger partial charge < -0.3 is 24.4 Å². The third-order valence-corrected chi connectivity index (χ3v) is 4.15. The van der Waals surface area contributed by atoms with Gasteiger partial charge in [-0.15, -0.1) is 24.0 Å². The van der Waals surface area contributed by atoms with E-state index >= 15 is 0 Å². The van der Waals surface area contributed by atoms with Crippen LogP contribution in [0.1, 0.15) is 20.3 Å². The molecule has 2 unspecified atom stereocenters. The number of guanidine groups is 1. The van der Waals surface area contributed by atoms with Crippen molar-refractivity contribution in [2.24, 2.45) is 10.9 Å². The smallest absolute Gasteiger partial charge is 0.193 e. The summed E-state index contributed by atoms with van der Waals surface area (Å²) in [4.78, 5) is 6.91. The van der Waals surface area contributed by atoms with Crippen LogP contribution in [0.25, 0.3) is 0 Å². The predicted octanol–water partition coefficient (Wildman–Crippen LogP) is 3.01. The van der Waals surface area contributed by atoms with Crippen molar-refractivity contribution in [1.82, 2.24) is 10.2 Å². The van der Waals surface area contributed by atoms with E-state index in [0.717, 1.165) is 50.2 Å². The standard InChI is InChI=1S/C19H31N3O3.HI/c1-5-20-19(22(3)13-16-10-11-24-14-16)21-12-15(2)25-18-8-6-17(23-4)7-9-18;/h6-9,15-16H,5,10-14H2,1-4H3,(H,20,21);1H. The van der Waals surface area contributed by atoms with E-state index in [1.165, 1.54) is 0 Å². The Labute approximate surface area is 174 Å². The Bertz CT molecular complexity index is 533. The van der Waals surface area contributed by atoms with E-state index in [1.54, 1.807) is 7.11 Å². The maximum absolute atomic E-state index is 5.93. The van der Waals surface area contributed by atoms with Crippen molar-refractivity contribution in [3.63, 3.8) is 0 Å².